The fraction of sp³-hybridized carbons (Fsp3) is 0.833. The molecule has 2 fully saturated rings. The molecular weight excluding hydrogens is 232 g/mol. The van der Waals surface area contributed by atoms with Crippen molar-refractivity contribution in [1.82, 2.24) is 15.1 Å². The number of rotatable bonds is 3. The highest BCUT2D eigenvalue weighted by atomic mass is 16.2. The highest BCUT2D eigenvalue weighted by Gasteiger charge is 2.36. The Kier molecular flexibility index (Phi) is 4.19. The molecule has 0 saturated carbocycles. The lowest BCUT2D eigenvalue weighted by atomic mass is 10.1. The third-order valence-corrected chi connectivity index (χ3v) is 3.91. The summed E-state index contributed by atoms with van der Waals surface area (Å²) in [4.78, 5) is 27.5. The van der Waals surface area contributed by atoms with Gasteiger partial charge in [0, 0.05) is 26.2 Å². The van der Waals surface area contributed by atoms with Crippen molar-refractivity contribution in [2.75, 3.05) is 32.7 Å². The van der Waals surface area contributed by atoms with Crippen molar-refractivity contribution in [2.45, 2.75) is 31.8 Å². The van der Waals surface area contributed by atoms with Gasteiger partial charge >= 0.3 is 0 Å². The maximum Gasteiger partial charge on any atom is 0.239 e. The predicted octanol–water partition coefficient (Wildman–Crippen LogP) is -1.24. The fourth-order valence-corrected chi connectivity index (χ4v) is 2.85. The first-order valence-corrected chi connectivity index (χ1v) is 6.66. The van der Waals surface area contributed by atoms with Crippen LogP contribution in [-0.2, 0) is 9.59 Å². The maximum atomic E-state index is 12.4. The average Bonchev–Trinajstić information content (AvgIpc) is 2.87. The Morgan fingerprint density at radius 2 is 1.94 bits per heavy atom. The van der Waals surface area contributed by atoms with E-state index < -0.39 is 0 Å². The number of piperazine rings is 1. The van der Waals surface area contributed by atoms with Gasteiger partial charge in [0.2, 0.25) is 11.8 Å². The van der Waals surface area contributed by atoms with Gasteiger partial charge in [0.25, 0.3) is 0 Å². The molecule has 2 aliphatic rings. The van der Waals surface area contributed by atoms with E-state index in [4.69, 9.17) is 5.73 Å². The molecule has 2 atom stereocenters. The second-order valence-electron chi connectivity index (χ2n) is 5.05. The second kappa shape index (κ2) is 5.67. The van der Waals surface area contributed by atoms with Crippen molar-refractivity contribution in [3.05, 3.63) is 0 Å². The summed E-state index contributed by atoms with van der Waals surface area (Å²) >= 11 is 0. The first-order chi connectivity index (χ1) is 8.61. The standard InChI is InChI=1S/C12H22N4O2/c1-9(12(18)15-7-4-14-5-8-15)16-6-2-3-10(16)11(13)17/h9-10,14H,2-8H2,1H3,(H2,13,17). The van der Waals surface area contributed by atoms with Gasteiger partial charge in [0.05, 0.1) is 12.1 Å². The molecule has 0 aromatic rings. The lowest BCUT2D eigenvalue weighted by molar-refractivity contribution is -0.138. The number of carbonyl (C=O) groups is 2. The number of nitrogens with two attached hydrogens (primary N) is 1. The van der Waals surface area contributed by atoms with Crippen LogP contribution in [0, 0.1) is 0 Å². The summed E-state index contributed by atoms with van der Waals surface area (Å²) in [6.45, 7) is 5.85. The Bertz CT molecular complexity index is 328. The van der Waals surface area contributed by atoms with E-state index >= 15 is 0 Å². The second-order valence-corrected chi connectivity index (χ2v) is 5.05. The molecule has 6 nitrogen and oxygen atoms in total. The lowest BCUT2D eigenvalue weighted by Crippen LogP contribution is -2.55. The quantitative estimate of drug-likeness (QED) is 0.660. The van der Waals surface area contributed by atoms with Crippen molar-refractivity contribution >= 4 is 11.8 Å². The SMILES string of the molecule is CC(C(=O)N1CCNCC1)N1CCCC1C(N)=O. The highest BCUT2D eigenvalue weighted by Crippen LogP contribution is 2.20. The van der Waals surface area contributed by atoms with Gasteiger partial charge in [-0.2, -0.15) is 0 Å². The van der Waals surface area contributed by atoms with Crippen LogP contribution in [0.4, 0.5) is 0 Å². The molecule has 3 N–H and O–H groups in total. The first kappa shape index (κ1) is 13.3. The van der Waals surface area contributed by atoms with Gasteiger partial charge in [-0.25, -0.2) is 0 Å². The molecule has 0 radical (unpaired) electrons. The molecule has 2 rings (SSSR count). The number of amides is 2. The Balaban J connectivity index is 1.98. The molecule has 102 valence electrons. The van der Waals surface area contributed by atoms with Gasteiger partial charge in [0.15, 0.2) is 0 Å². The number of likely N-dealkylation sites (tertiary alicyclic amines) is 1. The third kappa shape index (κ3) is 2.64. The van der Waals surface area contributed by atoms with Gasteiger partial charge in [-0.15, -0.1) is 0 Å². The zero-order valence-corrected chi connectivity index (χ0v) is 10.9. The topological polar surface area (TPSA) is 78.7 Å². The summed E-state index contributed by atoms with van der Waals surface area (Å²) < 4.78 is 0. The maximum absolute atomic E-state index is 12.4. The summed E-state index contributed by atoms with van der Waals surface area (Å²) in [5, 5.41) is 3.22. The summed E-state index contributed by atoms with van der Waals surface area (Å²) in [6.07, 6.45) is 1.71. The van der Waals surface area contributed by atoms with Crippen LogP contribution in [0.1, 0.15) is 19.8 Å². The molecule has 2 amide bonds. The number of primary amides is 1. The smallest absolute Gasteiger partial charge is 0.239 e. The van der Waals surface area contributed by atoms with Crippen molar-refractivity contribution < 1.29 is 9.59 Å². The van der Waals surface area contributed by atoms with E-state index in [-0.39, 0.29) is 23.9 Å². The van der Waals surface area contributed by atoms with Crippen LogP contribution in [0.15, 0.2) is 0 Å². The third-order valence-electron chi connectivity index (χ3n) is 3.91. The number of hydrogen-bond acceptors (Lipinski definition) is 4. The van der Waals surface area contributed by atoms with Gasteiger partial charge in [0.1, 0.15) is 0 Å². The monoisotopic (exact) mass is 254 g/mol. The summed E-state index contributed by atoms with van der Waals surface area (Å²) in [7, 11) is 0. The van der Waals surface area contributed by atoms with E-state index in [2.05, 4.69) is 5.32 Å². The molecule has 2 saturated heterocycles. The van der Waals surface area contributed by atoms with Crippen molar-refractivity contribution in [2.24, 2.45) is 5.73 Å². The van der Waals surface area contributed by atoms with Crippen LogP contribution < -0.4 is 11.1 Å². The largest absolute Gasteiger partial charge is 0.368 e. The van der Waals surface area contributed by atoms with Crippen LogP contribution in [-0.4, -0.2) is 66.4 Å². The van der Waals surface area contributed by atoms with Crippen LogP contribution in [0.25, 0.3) is 0 Å². The van der Waals surface area contributed by atoms with Crippen molar-refractivity contribution in [3.8, 4) is 0 Å². The van der Waals surface area contributed by atoms with E-state index in [1.807, 2.05) is 16.7 Å². The number of hydrogen-bond donors (Lipinski definition) is 2. The van der Waals surface area contributed by atoms with Crippen LogP contribution in [0.5, 0.6) is 0 Å². The molecule has 0 aromatic carbocycles. The van der Waals surface area contributed by atoms with Crippen molar-refractivity contribution in [1.29, 1.82) is 0 Å². The van der Waals surface area contributed by atoms with Crippen LogP contribution in [0.3, 0.4) is 0 Å². The Hall–Kier alpha value is -1.14. The Morgan fingerprint density at radius 1 is 1.28 bits per heavy atom. The van der Waals surface area contributed by atoms with E-state index in [0.717, 1.165) is 45.6 Å². The Labute approximate surface area is 107 Å². The zero-order valence-electron chi connectivity index (χ0n) is 10.9. The molecule has 2 unspecified atom stereocenters. The molecule has 0 spiro atoms. The van der Waals surface area contributed by atoms with E-state index in [1.165, 1.54) is 0 Å². The van der Waals surface area contributed by atoms with E-state index in [1.54, 1.807) is 0 Å². The molecule has 2 aliphatic heterocycles. The minimum Gasteiger partial charge on any atom is -0.368 e. The van der Waals surface area contributed by atoms with Gasteiger partial charge < -0.3 is 16.0 Å². The molecular formula is C12H22N4O2. The number of carbonyl (C=O) groups excluding carboxylic acids is 2. The van der Waals surface area contributed by atoms with Gasteiger partial charge in [-0.1, -0.05) is 0 Å². The van der Waals surface area contributed by atoms with E-state index in [0.29, 0.717) is 0 Å². The fourth-order valence-electron chi connectivity index (χ4n) is 2.85. The van der Waals surface area contributed by atoms with Crippen LogP contribution in [0.2, 0.25) is 0 Å². The molecule has 2 heterocycles. The predicted molar refractivity (Wildman–Crippen MR) is 67.8 cm³/mol. The highest BCUT2D eigenvalue weighted by molar-refractivity contribution is 5.84. The minimum atomic E-state index is -0.313. The molecule has 0 aliphatic carbocycles. The normalized spacial score (nSPS) is 27.2. The van der Waals surface area contributed by atoms with Gasteiger partial charge in [-0.3, -0.25) is 14.5 Å². The number of nitrogens with zero attached hydrogens (tertiary/aromatic N) is 2. The minimum absolute atomic E-state index is 0.115. The Morgan fingerprint density at radius 3 is 2.56 bits per heavy atom. The molecule has 18 heavy (non-hydrogen) atoms. The summed E-state index contributed by atoms with van der Waals surface area (Å²) in [6, 6.07) is -0.519. The number of nitrogens with one attached hydrogen (secondary N) is 1. The van der Waals surface area contributed by atoms with Gasteiger partial charge in [-0.05, 0) is 26.3 Å². The average molecular weight is 254 g/mol. The van der Waals surface area contributed by atoms with Crippen LogP contribution >= 0.6 is 0 Å². The zero-order chi connectivity index (χ0) is 13.1. The summed E-state index contributed by atoms with van der Waals surface area (Å²) in [5.74, 6) is -0.197. The molecule has 0 bridgehead atoms. The molecule has 6 heteroatoms. The van der Waals surface area contributed by atoms with Crippen molar-refractivity contribution in [3.63, 3.8) is 0 Å². The first-order valence-electron chi connectivity index (χ1n) is 6.66. The lowest BCUT2D eigenvalue weighted by Gasteiger charge is -2.34. The summed E-state index contributed by atoms with van der Waals surface area (Å²) in [5.41, 5.74) is 5.39. The van der Waals surface area contributed by atoms with E-state index in [9.17, 15) is 9.59 Å². The molecule has 0 aromatic heterocycles.